The van der Waals surface area contributed by atoms with Crippen molar-refractivity contribution in [3.8, 4) is 0 Å². The van der Waals surface area contributed by atoms with E-state index in [1.54, 1.807) is 0 Å². The van der Waals surface area contributed by atoms with Gasteiger partial charge >= 0.3 is 0 Å². The van der Waals surface area contributed by atoms with E-state index in [1.807, 2.05) is 0 Å². The number of hydrogen-bond donors (Lipinski definition) is 2. The second-order valence-electron chi connectivity index (χ2n) is 5.26. The lowest BCUT2D eigenvalue weighted by atomic mass is 9.95. The van der Waals surface area contributed by atoms with E-state index in [0.717, 1.165) is 18.1 Å². The van der Waals surface area contributed by atoms with Crippen LogP contribution in [0.25, 0.3) is 0 Å². The topological polar surface area (TPSA) is 67.6 Å². The summed E-state index contributed by atoms with van der Waals surface area (Å²) in [5, 5.41) is 7.44. The molecule has 2 aliphatic rings. The van der Waals surface area contributed by atoms with Crippen molar-refractivity contribution in [1.29, 1.82) is 0 Å². The first-order chi connectivity index (χ1) is 7.84. The quantitative estimate of drug-likeness (QED) is 0.750. The van der Waals surface area contributed by atoms with Crippen LogP contribution in [-0.4, -0.2) is 21.2 Å². The van der Waals surface area contributed by atoms with E-state index in [-0.39, 0.29) is 6.04 Å². The number of aromatic amines is 1. The van der Waals surface area contributed by atoms with Gasteiger partial charge < -0.3 is 5.73 Å². The van der Waals surface area contributed by atoms with E-state index in [4.69, 9.17) is 5.73 Å². The molecule has 0 bridgehead atoms. The SMILES string of the molecule is NC1CCCCCC1c1nc(C2CC2)n[nH]1. The molecule has 4 nitrogen and oxygen atoms in total. The maximum Gasteiger partial charge on any atom is 0.153 e. The summed E-state index contributed by atoms with van der Waals surface area (Å²) in [5.41, 5.74) is 6.22. The highest BCUT2D eigenvalue weighted by atomic mass is 15.2. The lowest BCUT2D eigenvalue weighted by Crippen LogP contribution is -2.28. The van der Waals surface area contributed by atoms with Crippen LogP contribution in [-0.2, 0) is 0 Å². The highest BCUT2D eigenvalue weighted by molar-refractivity contribution is 5.09. The van der Waals surface area contributed by atoms with Gasteiger partial charge in [0.15, 0.2) is 5.82 Å². The van der Waals surface area contributed by atoms with Gasteiger partial charge in [-0.1, -0.05) is 19.3 Å². The standard InChI is InChI=1S/C12H20N4/c13-10-5-3-1-2-4-9(10)12-14-11(15-16-12)8-6-7-8/h8-10H,1-7,13H2,(H,14,15,16). The van der Waals surface area contributed by atoms with Crippen LogP contribution < -0.4 is 5.73 Å². The Labute approximate surface area is 96.0 Å². The summed E-state index contributed by atoms with van der Waals surface area (Å²) in [6.45, 7) is 0. The fraction of sp³-hybridized carbons (Fsp3) is 0.833. The van der Waals surface area contributed by atoms with Crippen molar-refractivity contribution in [1.82, 2.24) is 15.2 Å². The minimum atomic E-state index is 0.266. The molecule has 0 aliphatic heterocycles. The summed E-state index contributed by atoms with van der Waals surface area (Å²) in [6, 6.07) is 0.266. The van der Waals surface area contributed by atoms with Gasteiger partial charge in [-0.3, -0.25) is 5.10 Å². The van der Waals surface area contributed by atoms with Crippen LogP contribution in [0, 0.1) is 0 Å². The Kier molecular flexibility index (Phi) is 2.67. The summed E-state index contributed by atoms with van der Waals surface area (Å²) in [6.07, 6.45) is 8.67. The molecule has 0 saturated heterocycles. The molecule has 16 heavy (non-hydrogen) atoms. The normalized spacial score (nSPS) is 31.3. The third kappa shape index (κ3) is 1.98. The molecule has 1 aromatic rings. The van der Waals surface area contributed by atoms with E-state index in [0.29, 0.717) is 11.8 Å². The van der Waals surface area contributed by atoms with E-state index < -0.39 is 0 Å². The summed E-state index contributed by atoms with van der Waals surface area (Å²) < 4.78 is 0. The molecule has 1 heterocycles. The molecule has 4 heteroatoms. The molecule has 0 spiro atoms. The van der Waals surface area contributed by atoms with Crippen molar-refractivity contribution >= 4 is 0 Å². The number of nitrogens with two attached hydrogens (primary N) is 1. The van der Waals surface area contributed by atoms with E-state index in [2.05, 4.69) is 15.2 Å². The number of nitrogens with zero attached hydrogens (tertiary/aromatic N) is 2. The smallest absolute Gasteiger partial charge is 0.153 e. The minimum Gasteiger partial charge on any atom is -0.327 e. The molecule has 0 aromatic carbocycles. The molecule has 3 N–H and O–H groups in total. The molecule has 2 unspecified atom stereocenters. The Balaban J connectivity index is 1.77. The Hall–Kier alpha value is -0.900. The average Bonchev–Trinajstić information content (AvgIpc) is 3.06. The number of H-pyrrole nitrogens is 1. The van der Waals surface area contributed by atoms with E-state index in [1.165, 1.54) is 38.5 Å². The zero-order valence-electron chi connectivity index (χ0n) is 9.65. The summed E-state index contributed by atoms with van der Waals surface area (Å²) in [4.78, 5) is 4.64. The predicted octanol–water partition coefficient (Wildman–Crippen LogP) is 2.06. The van der Waals surface area contributed by atoms with Crippen LogP contribution in [0.2, 0.25) is 0 Å². The molecular formula is C12H20N4. The molecule has 0 amide bonds. The Morgan fingerprint density at radius 2 is 1.88 bits per heavy atom. The van der Waals surface area contributed by atoms with Gasteiger partial charge in [0, 0.05) is 17.9 Å². The monoisotopic (exact) mass is 220 g/mol. The molecule has 0 radical (unpaired) electrons. The highest BCUT2D eigenvalue weighted by Gasteiger charge is 2.30. The maximum atomic E-state index is 6.22. The molecule has 2 fully saturated rings. The zero-order chi connectivity index (χ0) is 11.0. The summed E-state index contributed by atoms with van der Waals surface area (Å²) in [5.74, 6) is 3.09. The number of hydrogen-bond acceptors (Lipinski definition) is 3. The van der Waals surface area contributed by atoms with Crippen molar-refractivity contribution in [2.75, 3.05) is 0 Å². The van der Waals surface area contributed by atoms with Crippen LogP contribution in [0.1, 0.15) is 68.4 Å². The van der Waals surface area contributed by atoms with Gasteiger partial charge in [0.1, 0.15) is 5.82 Å². The van der Waals surface area contributed by atoms with Gasteiger partial charge in [0.05, 0.1) is 0 Å². The van der Waals surface area contributed by atoms with Crippen molar-refractivity contribution < 1.29 is 0 Å². The largest absolute Gasteiger partial charge is 0.327 e. The number of rotatable bonds is 2. The minimum absolute atomic E-state index is 0.266. The van der Waals surface area contributed by atoms with E-state index in [9.17, 15) is 0 Å². The lowest BCUT2D eigenvalue weighted by molar-refractivity contribution is 0.485. The Bertz CT molecular complexity index is 356. The maximum absolute atomic E-state index is 6.22. The second-order valence-corrected chi connectivity index (χ2v) is 5.26. The van der Waals surface area contributed by atoms with Gasteiger partial charge in [-0.05, 0) is 25.7 Å². The molecular weight excluding hydrogens is 200 g/mol. The molecule has 2 saturated carbocycles. The van der Waals surface area contributed by atoms with Crippen LogP contribution >= 0.6 is 0 Å². The van der Waals surface area contributed by atoms with Crippen molar-refractivity contribution in [3.63, 3.8) is 0 Å². The number of aromatic nitrogens is 3. The predicted molar refractivity (Wildman–Crippen MR) is 62.2 cm³/mol. The van der Waals surface area contributed by atoms with Crippen LogP contribution in [0.5, 0.6) is 0 Å². The first-order valence-corrected chi connectivity index (χ1v) is 6.52. The molecule has 2 atom stereocenters. The third-order valence-electron chi connectivity index (χ3n) is 3.88. The average molecular weight is 220 g/mol. The fourth-order valence-electron chi connectivity index (χ4n) is 2.65. The van der Waals surface area contributed by atoms with Crippen molar-refractivity contribution in [3.05, 3.63) is 11.6 Å². The fourth-order valence-corrected chi connectivity index (χ4v) is 2.65. The van der Waals surface area contributed by atoms with Gasteiger partial charge in [-0.2, -0.15) is 5.10 Å². The van der Waals surface area contributed by atoms with Gasteiger partial charge in [-0.25, -0.2) is 4.98 Å². The van der Waals surface area contributed by atoms with Crippen LogP contribution in [0.4, 0.5) is 0 Å². The number of nitrogens with one attached hydrogen (secondary N) is 1. The molecule has 3 rings (SSSR count). The van der Waals surface area contributed by atoms with Crippen LogP contribution in [0.15, 0.2) is 0 Å². The Morgan fingerprint density at radius 3 is 2.69 bits per heavy atom. The van der Waals surface area contributed by atoms with Gasteiger partial charge in [-0.15, -0.1) is 0 Å². The molecule has 1 aromatic heterocycles. The van der Waals surface area contributed by atoms with Gasteiger partial charge in [0.2, 0.25) is 0 Å². The summed E-state index contributed by atoms with van der Waals surface area (Å²) >= 11 is 0. The Morgan fingerprint density at radius 1 is 1.06 bits per heavy atom. The van der Waals surface area contributed by atoms with Gasteiger partial charge in [0.25, 0.3) is 0 Å². The van der Waals surface area contributed by atoms with E-state index >= 15 is 0 Å². The third-order valence-corrected chi connectivity index (χ3v) is 3.88. The first kappa shape index (κ1) is 10.3. The zero-order valence-corrected chi connectivity index (χ0v) is 9.65. The first-order valence-electron chi connectivity index (χ1n) is 6.52. The van der Waals surface area contributed by atoms with Crippen molar-refractivity contribution in [2.45, 2.75) is 62.8 Å². The van der Waals surface area contributed by atoms with Crippen LogP contribution in [0.3, 0.4) is 0 Å². The molecule has 88 valence electrons. The highest BCUT2D eigenvalue weighted by Crippen LogP contribution is 2.38. The summed E-state index contributed by atoms with van der Waals surface area (Å²) in [7, 11) is 0. The van der Waals surface area contributed by atoms with Crippen molar-refractivity contribution in [2.24, 2.45) is 5.73 Å². The lowest BCUT2D eigenvalue weighted by Gasteiger charge is -2.18. The second kappa shape index (κ2) is 4.17. The molecule has 2 aliphatic carbocycles.